The van der Waals surface area contributed by atoms with Gasteiger partial charge in [-0.1, -0.05) is 121 Å². The number of methoxy groups -OCH3 is 1. The molecule has 6 rings (SSSR count). The molecule has 5 aromatic carbocycles. The molecule has 3 atom stereocenters. The third-order valence-electron chi connectivity index (χ3n) is 9.14. The number of carbonyl (C=O) groups is 2. The third-order valence-corrected chi connectivity index (χ3v) is 9.14. The number of hydrogen-bond acceptors (Lipinski definition) is 6. The van der Waals surface area contributed by atoms with Crippen molar-refractivity contribution >= 4 is 17.7 Å². The quantitative estimate of drug-likeness (QED) is 0.115. The van der Waals surface area contributed by atoms with Crippen LogP contribution in [-0.4, -0.2) is 57.1 Å². The Morgan fingerprint density at radius 1 is 0.745 bits per heavy atom. The smallest absolute Gasteiger partial charge is 0.407 e. The summed E-state index contributed by atoms with van der Waals surface area (Å²) in [6.07, 6.45) is 1.55. The number of hydrogen-bond donors (Lipinski definition) is 3. The maximum absolute atomic E-state index is 14.1. The predicted octanol–water partition coefficient (Wildman–Crippen LogP) is 7.14. The summed E-state index contributed by atoms with van der Waals surface area (Å²) in [5, 5.41) is 9.44. The highest BCUT2D eigenvalue weighted by Gasteiger charge is 2.33. The van der Waals surface area contributed by atoms with Crippen LogP contribution in [-0.2, 0) is 27.1 Å². The first-order chi connectivity index (χ1) is 25.1. The lowest BCUT2D eigenvalue weighted by molar-refractivity contribution is -0.118. The number of carbonyl (C=O) groups excluding carboxylic acids is 2. The standard InChI is InChI=1S/C43H45N3O5/c1-49-43(48)46-41(40(34-16-7-3-8-17-34)35-18-9-4-10-19-35)42(47)45-39-20-12-11-15-33(39)23-26-37-28-44-29-38(51-37)30-50-36-24-21-32(22-25-36)27-31-13-5-2-6-14-31/h2-22,24-25,37-38,40-41,44H,23,26-30H2,1H3,(H,45,47)(H,46,48)/t37-,38?,41+/m1/s1. The molecule has 5 aromatic rings. The number of morpholine rings is 1. The summed E-state index contributed by atoms with van der Waals surface area (Å²) in [5.41, 5.74) is 5.99. The van der Waals surface area contributed by atoms with E-state index in [9.17, 15) is 9.59 Å². The fourth-order valence-corrected chi connectivity index (χ4v) is 6.54. The van der Waals surface area contributed by atoms with Crippen molar-refractivity contribution in [2.24, 2.45) is 0 Å². The first-order valence-electron chi connectivity index (χ1n) is 17.5. The molecule has 0 saturated carbocycles. The zero-order valence-corrected chi connectivity index (χ0v) is 28.9. The average Bonchev–Trinajstić information content (AvgIpc) is 3.18. The summed E-state index contributed by atoms with van der Waals surface area (Å²) < 4.78 is 17.5. The second-order valence-electron chi connectivity index (χ2n) is 12.8. The topological polar surface area (TPSA) is 97.9 Å². The molecule has 0 spiro atoms. The summed E-state index contributed by atoms with van der Waals surface area (Å²) in [4.78, 5) is 26.7. The van der Waals surface area contributed by atoms with Gasteiger partial charge in [-0.25, -0.2) is 4.79 Å². The van der Waals surface area contributed by atoms with E-state index < -0.39 is 18.1 Å². The highest BCUT2D eigenvalue weighted by molar-refractivity contribution is 5.98. The van der Waals surface area contributed by atoms with Crippen molar-refractivity contribution in [3.05, 3.63) is 167 Å². The fraction of sp³-hybridized carbons (Fsp3) is 0.256. The van der Waals surface area contributed by atoms with Crippen molar-refractivity contribution in [2.75, 3.05) is 32.1 Å². The number of benzene rings is 5. The molecular weight excluding hydrogens is 638 g/mol. The van der Waals surface area contributed by atoms with Crippen LogP contribution >= 0.6 is 0 Å². The highest BCUT2D eigenvalue weighted by atomic mass is 16.5. The Morgan fingerprint density at radius 2 is 1.33 bits per heavy atom. The van der Waals surface area contributed by atoms with Gasteiger partial charge in [-0.05, 0) is 65.3 Å². The Balaban J connectivity index is 1.07. The van der Waals surface area contributed by atoms with E-state index in [0.717, 1.165) is 41.8 Å². The lowest BCUT2D eigenvalue weighted by atomic mass is 9.84. The summed E-state index contributed by atoms with van der Waals surface area (Å²) in [7, 11) is 1.29. The number of rotatable bonds is 14. The Morgan fingerprint density at radius 3 is 2.00 bits per heavy atom. The van der Waals surface area contributed by atoms with Crippen LogP contribution in [0.5, 0.6) is 5.75 Å². The zero-order valence-electron chi connectivity index (χ0n) is 28.9. The molecule has 0 aliphatic carbocycles. The fourth-order valence-electron chi connectivity index (χ4n) is 6.54. The van der Waals surface area contributed by atoms with Crippen molar-refractivity contribution in [1.29, 1.82) is 0 Å². The number of alkyl carbamates (subject to hydrolysis) is 1. The average molecular weight is 684 g/mol. The Kier molecular flexibility index (Phi) is 12.5. The van der Waals surface area contributed by atoms with E-state index in [0.29, 0.717) is 25.3 Å². The number of para-hydroxylation sites is 1. The Hall–Kier alpha value is -5.44. The molecule has 1 unspecified atom stereocenters. The summed E-state index contributed by atoms with van der Waals surface area (Å²) >= 11 is 0. The van der Waals surface area contributed by atoms with Crippen LogP contribution < -0.4 is 20.7 Å². The third kappa shape index (κ3) is 10.1. The normalized spacial score (nSPS) is 16.2. The number of nitrogens with one attached hydrogen (secondary N) is 3. The number of amides is 2. The van der Waals surface area contributed by atoms with Gasteiger partial charge in [0, 0.05) is 24.7 Å². The van der Waals surface area contributed by atoms with Crippen LogP contribution in [0.1, 0.15) is 40.2 Å². The molecular formula is C43H45N3O5. The molecule has 0 bridgehead atoms. The number of ether oxygens (including phenoxy) is 3. The molecule has 8 heteroatoms. The first-order valence-corrected chi connectivity index (χ1v) is 17.5. The van der Waals surface area contributed by atoms with Crippen molar-refractivity contribution in [3.8, 4) is 5.75 Å². The summed E-state index contributed by atoms with van der Waals surface area (Å²) in [6, 6.07) is 44.9. The van der Waals surface area contributed by atoms with E-state index in [1.807, 2.05) is 103 Å². The molecule has 8 nitrogen and oxygen atoms in total. The van der Waals surface area contributed by atoms with Gasteiger partial charge in [0.25, 0.3) is 0 Å². The van der Waals surface area contributed by atoms with E-state index in [-0.39, 0.29) is 18.1 Å². The SMILES string of the molecule is COC(=O)N[C@H](C(=O)Nc1ccccc1CC[C@@H]1CNCC(COc2ccc(Cc3ccccc3)cc2)O1)C(c1ccccc1)c1ccccc1. The molecule has 1 heterocycles. The van der Waals surface area contributed by atoms with Crippen molar-refractivity contribution in [3.63, 3.8) is 0 Å². The minimum atomic E-state index is -0.943. The number of aryl methyl sites for hydroxylation is 1. The molecule has 51 heavy (non-hydrogen) atoms. The van der Waals surface area contributed by atoms with Crippen LogP contribution in [0.3, 0.4) is 0 Å². The summed E-state index contributed by atoms with van der Waals surface area (Å²) in [6.45, 7) is 1.90. The maximum atomic E-state index is 14.1. The van der Waals surface area contributed by atoms with E-state index in [2.05, 4.69) is 52.3 Å². The molecule has 1 saturated heterocycles. The maximum Gasteiger partial charge on any atom is 0.407 e. The second kappa shape index (κ2) is 18.0. The molecule has 1 fully saturated rings. The van der Waals surface area contributed by atoms with E-state index >= 15 is 0 Å². The lowest BCUT2D eigenvalue weighted by Crippen LogP contribution is -2.48. The van der Waals surface area contributed by atoms with Crippen LogP contribution in [0.2, 0.25) is 0 Å². The van der Waals surface area contributed by atoms with E-state index in [1.54, 1.807) is 0 Å². The van der Waals surface area contributed by atoms with Crippen LogP contribution in [0, 0.1) is 0 Å². The molecule has 1 aliphatic rings. The molecule has 3 N–H and O–H groups in total. The van der Waals surface area contributed by atoms with E-state index in [4.69, 9.17) is 14.2 Å². The minimum absolute atomic E-state index is 0.0152. The van der Waals surface area contributed by atoms with Gasteiger partial charge in [0.05, 0.1) is 13.2 Å². The monoisotopic (exact) mass is 683 g/mol. The Labute approximate surface area is 300 Å². The van der Waals surface area contributed by atoms with Crippen LogP contribution in [0.4, 0.5) is 10.5 Å². The van der Waals surface area contributed by atoms with E-state index in [1.165, 1.54) is 18.2 Å². The van der Waals surface area contributed by atoms with Gasteiger partial charge in [-0.2, -0.15) is 0 Å². The van der Waals surface area contributed by atoms with Crippen LogP contribution in [0.15, 0.2) is 140 Å². The molecule has 262 valence electrons. The molecule has 0 radical (unpaired) electrons. The minimum Gasteiger partial charge on any atom is -0.491 e. The van der Waals surface area contributed by atoms with Gasteiger partial charge in [-0.15, -0.1) is 0 Å². The van der Waals surface area contributed by atoms with Gasteiger partial charge in [0.1, 0.15) is 24.5 Å². The largest absolute Gasteiger partial charge is 0.491 e. The highest BCUT2D eigenvalue weighted by Crippen LogP contribution is 2.30. The van der Waals surface area contributed by atoms with Gasteiger partial charge >= 0.3 is 6.09 Å². The van der Waals surface area contributed by atoms with Crippen molar-refractivity contribution in [1.82, 2.24) is 10.6 Å². The van der Waals surface area contributed by atoms with Gasteiger partial charge in [-0.3, -0.25) is 4.79 Å². The van der Waals surface area contributed by atoms with Gasteiger partial charge in [0.2, 0.25) is 5.91 Å². The van der Waals surface area contributed by atoms with Crippen LogP contribution in [0.25, 0.3) is 0 Å². The first kappa shape index (κ1) is 35.4. The van der Waals surface area contributed by atoms with Crippen molar-refractivity contribution in [2.45, 2.75) is 43.4 Å². The Bertz CT molecular complexity index is 1780. The lowest BCUT2D eigenvalue weighted by Gasteiger charge is -2.31. The molecule has 0 aromatic heterocycles. The molecule has 1 aliphatic heterocycles. The second-order valence-corrected chi connectivity index (χ2v) is 12.8. The molecule has 2 amide bonds. The zero-order chi connectivity index (χ0) is 35.3. The van der Waals surface area contributed by atoms with Gasteiger partial charge < -0.3 is 30.2 Å². The predicted molar refractivity (Wildman–Crippen MR) is 200 cm³/mol. The van der Waals surface area contributed by atoms with Gasteiger partial charge in [0.15, 0.2) is 0 Å². The number of anilines is 1. The summed E-state index contributed by atoms with van der Waals surface area (Å²) in [5.74, 6) is 0.0298. The van der Waals surface area contributed by atoms with Crippen molar-refractivity contribution < 1.29 is 23.8 Å².